The zero-order valence-corrected chi connectivity index (χ0v) is 21.2. The number of nitrogens with one attached hydrogen (secondary N) is 1. The SMILES string of the molecule is O=C(CN(CCc1ccccc1)S(=O)(=O)c1ccc(Br)cc1)N/N=C/c1cccc2ccccc12. The molecule has 0 saturated carbocycles. The minimum Gasteiger partial charge on any atom is -0.272 e. The van der Waals surface area contributed by atoms with E-state index in [4.69, 9.17) is 0 Å². The van der Waals surface area contributed by atoms with Gasteiger partial charge in [-0.25, -0.2) is 13.8 Å². The molecule has 8 heteroatoms. The largest absolute Gasteiger partial charge is 0.272 e. The minimum absolute atomic E-state index is 0.126. The second-order valence-corrected chi connectivity index (χ2v) is 10.7. The molecule has 1 N–H and O–H groups in total. The van der Waals surface area contributed by atoms with Gasteiger partial charge in [0.25, 0.3) is 5.91 Å². The normalized spacial score (nSPS) is 11.8. The van der Waals surface area contributed by atoms with Crippen LogP contribution in [-0.2, 0) is 21.2 Å². The van der Waals surface area contributed by atoms with Gasteiger partial charge in [0.05, 0.1) is 17.7 Å². The van der Waals surface area contributed by atoms with Crippen LogP contribution in [0.4, 0.5) is 0 Å². The lowest BCUT2D eigenvalue weighted by atomic mass is 10.1. The van der Waals surface area contributed by atoms with Crippen LogP contribution in [0.5, 0.6) is 0 Å². The average molecular weight is 550 g/mol. The summed E-state index contributed by atoms with van der Waals surface area (Å²) in [6, 6.07) is 29.6. The lowest BCUT2D eigenvalue weighted by molar-refractivity contribution is -0.121. The lowest BCUT2D eigenvalue weighted by Crippen LogP contribution is -2.40. The van der Waals surface area contributed by atoms with Gasteiger partial charge in [-0.2, -0.15) is 9.41 Å². The van der Waals surface area contributed by atoms with Crippen molar-refractivity contribution < 1.29 is 13.2 Å². The summed E-state index contributed by atoms with van der Waals surface area (Å²) in [4.78, 5) is 12.8. The van der Waals surface area contributed by atoms with Crippen molar-refractivity contribution >= 4 is 48.8 Å². The van der Waals surface area contributed by atoms with Crippen molar-refractivity contribution in [3.63, 3.8) is 0 Å². The van der Waals surface area contributed by atoms with Crippen molar-refractivity contribution in [2.45, 2.75) is 11.3 Å². The molecule has 0 radical (unpaired) electrons. The number of halogens is 1. The first-order valence-corrected chi connectivity index (χ1v) is 13.3. The topological polar surface area (TPSA) is 78.8 Å². The lowest BCUT2D eigenvalue weighted by Gasteiger charge is -2.21. The Kier molecular flexibility index (Phi) is 8.07. The maximum absolute atomic E-state index is 13.3. The first-order valence-electron chi connectivity index (χ1n) is 11.0. The highest BCUT2D eigenvalue weighted by atomic mass is 79.9. The monoisotopic (exact) mass is 549 g/mol. The Morgan fingerprint density at radius 1 is 0.886 bits per heavy atom. The summed E-state index contributed by atoms with van der Waals surface area (Å²) in [5, 5.41) is 6.15. The predicted octanol–water partition coefficient (Wildman–Crippen LogP) is 4.99. The van der Waals surface area contributed by atoms with Crippen LogP contribution in [0.15, 0.2) is 112 Å². The van der Waals surface area contributed by atoms with Gasteiger partial charge < -0.3 is 0 Å². The van der Waals surface area contributed by atoms with Crippen molar-refractivity contribution in [1.82, 2.24) is 9.73 Å². The van der Waals surface area contributed by atoms with Crippen LogP contribution in [0.3, 0.4) is 0 Å². The van der Waals surface area contributed by atoms with Crippen molar-refractivity contribution in [3.8, 4) is 0 Å². The molecule has 0 aliphatic rings. The van der Waals surface area contributed by atoms with Crippen LogP contribution in [0.1, 0.15) is 11.1 Å². The van der Waals surface area contributed by atoms with E-state index in [1.54, 1.807) is 18.3 Å². The van der Waals surface area contributed by atoms with Gasteiger partial charge in [0.2, 0.25) is 10.0 Å². The van der Waals surface area contributed by atoms with Crippen LogP contribution in [-0.4, -0.2) is 37.9 Å². The van der Waals surface area contributed by atoms with E-state index in [2.05, 4.69) is 26.5 Å². The fourth-order valence-corrected chi connectivity index (χ4v) is 5.33. The van der Waals surface area contributed by atoms with Crippen LogP contribution < -0.4 is 5.43 Å². The quantitative estimate of drug-likeness (QED) is 0.236. The zero-order chi connectivity index (χ0) is 24.7. The van der Waals surface area contributed by atoms with E-state index in [0.29, 0.717) is 6.42 Å². The highest BCUT2D eigenvalue weighted by Gasteiger charge is 2.26. The van der Waals surface area contributed by atoms with Gasteiger partial charge in [0, 0.05) is 16.6 Å². The summed E-state index contributed by atoms with van der Waals surface area (Å²) in [6.45, 7) is -0.193. The Morgan fingerprint density at radius 2 is 1.57 bits per heavy atom. The Balaban J connectivity index is 1.49. The molecule has 0 bridgehead atoms. The zero-order valence-electron chi connectivity index (χ0n) is 18.8. The van der Waals surface area contributed by atoms with Gasteiger partial charge >= 0.3 is 0 Å². The van der Waals surface area contributed by atoms with E-state index >= 15 is 0 Å². The van der Waals surface area contributed by atoms with E-state index in [-0.39, 0.29) is 18.0 Å². The van der Waals surface area contributed by atoms with E-state index in [9.17, 15) is 13.2 Å². The molecule has 0 aliphatic carbocycles. The van der Waals surface area contributed by atoms with Crippen LogP contribution >= 0.6 is 15.9 Å². The number of fused-ring (bicyclic) bond motifs is 1. The van der Waals surface area contributed by atoms with Crippen molar-refractivity contribution in [1.29, 1.82) is 0 Å². The predicted molar refractivity (Wildman–Crippen MR) is 143 cm³/mol. The van der Waals surface area contributed by atoms with Crippen molar-refractivity contribution in [3.05, 3.63) is 113 Å². The highest BCUT2D eigenvalue weighted by Crippen LogP contribution is 2.20. The smallest absolute Gasteiger partial charge is 0.255 e. The third kappa shape index (κ3) is 6.42. The van der Waals surface area contributed by atoms with Gasteiger partial charge in [-0.05, 0) is 47.0 Å². The number of hydrogen-bond donors (Lipinski definition) is 1. The summed E-state index contributed by atoms with van der Waals surface area (Å²) >= 11 is 3.33. The molecule has 0 aromatic heterocycles. The van der Waals surface area contributed by atoms with E-state index in [1.165, 1.54) is 16.4 Å². The number of nitrogens with zero attached hydrogens (tertiary/aromatic N) is 2. The maximum atomic E-state index is 13.3. The van der Waals surface area contributed by atoms with Crippen LogP contribution in [0.2, 0.25) is 0 Å². The van der Waals surface area contributed by atoms with E-state index < -0.39 is 15.9 Å². The molecule has 35 heavy (non-hydrogen) atoms. The highest BCUT2D eigenvalue weighted by molar-refractivity contribution is 9.10. The Hall–Kier alpha value is -3.33. The second kappa shape index (κ2) is 11.4. The average Bonchev–Trinajstić information content (AvgIpc) is 2.87. The van der Waals surface area contributed by atoms with Gasteiger partial charge in [-0.15, -0.1) is 0 Å². The summed E-state index contributed by atoms with van der Waals surface area (Å²) in [6.07, 6.45) is 2.04. The van der Waals surface area contributed by atoms with Crippen LogP contribution in [0.25, 0.3) is 10.8 Å². The second-order valence-electron chi connectivity index (χ2n) is 7.89. The molecule has 0 aliphatic heterocycles. The molecule has 0 atom stereocenters. The molecule has 4 rings (SSSR count). The molecule has 6 nitrogen and oxygen atoms in total. The fraction of sp³-hybridized carbons (Fsp3) is 0.111. The summed E-state index contributed by atoms with van der Waals surface area (Å²) < 4.78 is 28.6. The van der Waals surface area contributed by atoms with Gasteiger partial charge in [0.15, 0.2) is 0 Å². The molecular weight excluding hydrogens is 526 g/mol. The first-order chi connectivity index (χ1) is 16.9. The maximum Gasteiger partial charge on any atom is 0.255 e. The van der Waals surface area contributed by atoms with Gasteiger partial charge in [0.1, 0.15) is 0 Å². The molecule has 0 fully saturated rings. The number of amides is 1. The summed E-state index contributed by atoms with van der Waals surface area (Å²) in [7, 11) is -3.89. The summed E-state index contributed by atoms with van der Waals surface area (Å²) in [5.74, 6) is -0.518. The molecule has 4 aromatic rings. The summed E-state index contributed by atoms with van der Waals surface area (Å²) in [5.41, 5.74) is 4.31. The number of sulfonamides is 1. The molecule has 0 saturated heterocycles. The Labute approximate surface area is 213 Å². The molecular formula is C27H24BrN3O3S. The van der Waals surface area contributed by atoms with Crippen molar-refractivity contribution in [2.24, 2.45) is 5.10 Å². The first kappa shape index (κ1) is 24.8. The molecule has 178 valence electrons. The number of hydrazone groups is 1. The Bertz CT molecular complexity index is 1430. The van der Waals surface area contributed by atoms with Crippen molar-refractivity contribution in [2.75, 3.05) is 13.1 Å². The van der Waals surface area contributed by atoms with Gasteiger partial charge in [-0.1, -0.05) is 88.7 Å². The van der Waals surface area contributed by atoms with Crippen LogP contribution in [0, 0.1) is 0 Å². The number of rotatable bonds is 9. The molecule has 1 amide bonds. The van der Waals surface area contributed by atoms with E-state index in [1.807, 2.05) is 72.8 Å². The molecule has 0 spiro atoms. The number of carbonyl (C=O) groups is 1. The van der Waals surface area contributed by atoms with Gasteiger partial charge in [-0.3, -0.25) is 4.79 Å². The number of hydrogen-bond acceptors (Lipinski definition) is 4. The molecule has 4 aromatic carbocycles. The molecule has 0 unspecified atom stereocenters. The third-order valence-corrected chi connectivity index (χ3v) is 7.87. The molecule has 0 heterocycles. The number of carbonyl (C=O) groups excluding carboxylic acids is 1. The Morgan fingerprint density at radius 3 is 2.34 bits per heavy atom. The standard InChI is InChI=1S/C27H24BrN3O3S/c28-24-13-15-25(16-14-24)35(33,34)31(18-17-21-7-2-1-3-8-21)20-27(32)30-29-19-23-11-6-10-22-9-4-5-12-26(22)23/h1-16,19H,17-18,20H2,(H,30,32)/b29-19+. The third-order valence-electron chi connectivity index (χ3n) is 5.48. The number of benzene rings is 4. The fourth-order valence-electron chi connectivity index (χ4n) is 3.67. The minimum atomic E-state index is -3.89. The van der Waals surface area contributed by atoms with E-state index in [0.717, 1.165) is 26.4 Å².